The number of rotatable bonds is 4. The van der Waals surface area contributed by atoms with Crippen molar-refractivity contribution in [1.29, 1.82) is 0 Å². The van der Waals surface area contributed by atoms with Gasteiger partial charge in [0.05, 0.1) is 0 Å². The van der Waals surface area contributed by atoms with Crippen LogP contribution in [-0.4, -0.2) is 31.6 Å². The van der Waals surface area contributed by atoms with Gasteiger partial charge in [0.15, 0.2) is 0 Å². The molecule has 1 N–H and O–H groups in total. The fourth-order valence-electron chi connectivity index (χ4n) is 2.66. The maximum Gasteiger partial charge on any atom is 0.0465 e. The molecule has 1 unspecified atom stereocenters. The standard InChI is InChI=1S/C14H20Cl2N2/c1-14(6-7-17-9-14)10-18(2)8-11-12(15)4-3-5-13(11)16/h3-5,17H,6-10H2,1-2H3. The molecule has 2 rings (SSSR count). The van der Waals surface area contributed by atoms with Crippen LogP contribution in [0.5, 0.6) is 0 Å². The summed E-state index contributed by atoms with van der Waals surface area (Å²) in [6.45, 7) is 6.40. The Morgan fingerprint density at radius 1 is 1.33 bits per heavy atom. The van der Waals surface area contributed by atoms with E-state index < -0.39 is 0 Å². The molecule has 1 heterocycles. The molecule has 0 amide bonds. The van der Waals surface area contributed by atoms with Gasteiger partial charge in [0, 0.05) is 35.2 Å². The lowest BCUT2D eigenvalue weighted by molar-refractivity contribution is 0.203. The summed E-state index contributed by atoms with van der Waals surface area (Å²) >= 11 is 12.4. The van der Waals surface area contributed by atoms with Crippen molar-refractivity contribution in [3.8, 4) is 0 Å². The first-order valence-electron chi connectivity index (χ1n) is 6.32. The minimum Gasteiger partial charge on any atom is -0.316 e. The van der Waals surface area contributed by atoms with Crippen molar-refractivity contribution in [2.24, 2.45) is 5.41 Å². The summed E-state index contributed by atoms with van der Waals surface area (Å²) in [6.07, 6.45) is 1.23. The van der Waals surface area contributed by atoms with Gasteiger partial charge >= 0.3 is 0 Å². The molecule has 100 valence electrons. The molecular weight excluding hydrogens is 267 g/mol. The van der Waals surface area contributed by atoms with E-state index in [0.29, 0.717) is 5.41 Å². The lowest BCUT2D eigenvalue weighted by atomic mass is 9.89. The quantitative estimate of drug-likeness (QED) is 0.912. The molecule has 1 aliphatic rings. The summed E-state index contributed by atoms with van der Waals surface area (Å²) in [4.78, 5) is 2.31. The summed E-state index contributed by atoms with van der Waals surface area (Å²) in [7, 11) is 2.13. The number of hydrogen-bond donors (Lipinski definition) is 1. The number of hydrogen-bond acceptors (Lipinski definition) is 2. The van der Waals surface area contributed by atoms with Crippen LogP contribution in [0.15, 0.2) is 18.2 Å². The third-order valence-corrected chi connectivity index (χ3v) is 4.31. The summed E-state index contributed by atoms with van der Waals surface area (Å²) in [5.74, 6) is 0. The highest BCUT2D eigenvalue weighted by Gasteiger charge is 2.29. The third kappa shape index (κ3) is 3.39. The first-order valence-corrected chi connectivity index (χ1v) is 7.08. The molecule has 1 aromatic rings. The molecule has 0 spiro atoms. The molecule has 0 saturated carbocycles. The summed E-state index contributed by atoms with van der Waals surface area (Å²) < 4.78 is 0. The average Bonchev–Trinajstić information content (AvgIpc) is 2.70. The van der Waals surface area contributed by atoms with Gasteiger partial charge in [-0.1, -0.05) is 36.2 Å². The van der Waals surface area contributed by atoms with E-state index >= 15 is 0 Å². The molecule has 2 nitrogen and oxygen atoms in total. The van der Waals surface area contributed by atoms with Crippen LogP contribution < -0.4 is 5.32 Å². The van der Waals surface area contributed by atoms with Crippen LogP contribution in [0.1, 0.15) is 18.9 Å². The largest absolute Gasteiger partial charge is 0.316 e. The first-order chi connectivity index (χ1) is 8.50. The van der Waals surface area contributed by atoms with Gasteiger partial charge in [-0.15, -0.1) is 0 Å². The molecule has 1 saturated heterocycles. The van der Waals surface area contributed by atoms with Crippen molar-refractivity contribution in [1.82, 2.24) is 10.2 Å². The van der Waals surface area contributed by atoms with Crippen molar-refractivity contribution < 1.29 is 0 Å². The Morgan fingerprint density at radius 2 is 2.00 bits per heavy atom. The van der Waals surface area contributed by atoms with E-state index in [-0.39, 0.29) is 0 Å². The van der Waals surface area contributed by atoms with E-state index in [1.807, 2.05) is 18.2 Å². The second-order valence-corrected chi connectivity index (χ2v) is 6.42. The van der Waals surface area contributed by atoms with E-state index in [0.717, 1.165) is 41.8 Å². The lowest BCUT2D eigenvalue weighted by Gasteiger charge is -2.29. The zero-order valence-electron chi connectivity index (χ0n) is 11.0. The van der Waals surface area contributed by atoms with E-state index in [9.17, 15) is 0 Å². The number of nitrogens with one attached hydrogen (secondary N) is 1. The van der Waals surface area contributed by atoms with Gasteiger partial charge in [-0.2, -0.15) is 0 Å². The Bertz CT molecular complexity index is 394. The topological polar surface area (TPSA) is 15.3 Å². The molecule has 1 aromatic carbocycles. The van der Waals surface area contributed by atoms with Crippen molar-refractivity contribution in [3.05, 3.63) is 33.8 Å². The van der Waals surface area contributed by atoms with Gasteiger partial charge in [-0.25, -0.2) is 0 Å². The van der Waals surface area contributed by atoms with Gasteiger partial charge in [-0.3, -0.25) is 0 Å². The second-order valence-electron chi connectivity index (χ2n) is 5.61. The number of halogens is 2. The van der Waals surface area contributed by atoms with Crippen molar-refractivity contribution >= 4 is 23.2 Å². The van der Waals surface area contributed by atoms with E-state index in [4.69, 9.17) is 23.2 Å². The van der Waals surface area contributed by atoms with Gasteiger partial charge in [-0.05, 0) is 37.6 Å². The Balaban J connectivity index is 2.00. The van der Waals surface area contributed by atoms with Crippen LogP contribution in [0.2, 0.25) is 10.0 Å². The summed E-state index contributed by atoms with van der Waals surface area (Å²) in [6, 6.07) is 5.68. The molecule has 0 radical (unpaired) electrons. The molecule has 1 aliphatic heterocycles. The maximum atomic E-state index is 6.20. The molecule has 18 heavy (non-hydrogen) atoms. The molecule has 0 bridgehead atoms. The van der Waals surface area contributed by atoms with Gasteiger partial charge in [0.2, 0.25) is 0 Å². The summed E-state index contributed by atoms with van der Waals surface area (Å²) in [5, 5.41) is 4.93. The maximum absolute atomic E-state index is 6.20. The molecule has 0 aliphatic carbocycles. The summed E-state index contributed by atoms with van der Waals surface area (Å²) in [5.41, 5.74) is 1.39. The SMILES string of the molecule is CN(Cc1c(Cl)cccc1Cl)CC1(C)CCNC1. The second kappa shape index (κ2) is 5.79. The van der Waals surface area contributed by atoms with Crippen LogP contribution in [0, 0.1) is 5.41 Å². The zero-order chi connectivity index (χ0) is 13.2. The fraction of sp³-hybridized carbons (Fsp3) is 0.571. The van der Waals surface area contributed by atoms with Gasteiger partial charge in [0.1, 0.15) is 0 Å². The van der Waals surface area contributed by atoms with E-state index in [1.165, 1.54) is 6.42 Å². The monoisotopic (exact) mass is 286 g/mol. The third-order valence-electron chi connectivity index (χ3n) is 3.60. The fourth-order valence-corrected chi connectivity index (χ4v) is 3.18. The zero-order valence-corrected chi connectivity index (χ0v) is 12.5. The highest BCUT2D eigenvalue weighted by atomic mass is 35.5. The van der Waals surface area contributed by atoms with Crippen molar-refractivity contribution in [2.75, 3.05) is 26.7 Å². The minimum atomic E-state index is 0.364. The molecular formula is C14H20Cl2N2. The van der Waals surface area contributed by atoms with E-state index in [1.54, 1.807) is 0 Å². The Morgan fingerprint density at radius 3 is 2.56 bits per heavy atom. The Kier molecular flexibility index (Phi) is 4.54. The predicted molar refractivity (Wildman–Crippen MR) is 78.4 cm³/mol. The van der Waals surface area contributed by atoms with Crippen LogP contribution in [-0.2, 0) is 6.54 Å². The Hall–Kier alpha value is -0.280. The van der Waals surface area contributed by atoms with E-state index in [2.05, 4.69) is 24.2 Å². The van der Waals surface area contributed by atoms with Crippen LogP contribution in [0.25, 0.3) is 0 Å². The van der Waals surface area contributed by atoms with Crippen LogP contribution >= 0.6 is 23.2 Å². The number of nitrogens with zero attached hydrogens (tertiary/aromatic N) is 1. The van der Waals surface area contributed by atoms with Crippen molar-refractivity contribution in [2.45, 2.75) is 19.9 Å². The highest BCUT2D eigenvalue weighted by Crippen LogP contribution is 2.29. The number of benzene rings is 1. The first kappa shape index (κ1) is 14.1. The lowest BCUT2D eigenvalue weighted by Crippen LogP contribution is -2.34. The normalized spacial score (nSPS) is 23.8. The van der Waals surface area contributed by atoms with Crippen molar-refractivity contribution in [3.63, 3.8) is 0 Å². The van der Waals surface area contributed by atoms with Gasteiger partial charge in [0.25, 0.3) is 0 Å². The van der Waals surface area contributed by atoms with Crippen LogP contribution in [0.4, 0.5) is 0 Å². The molecule has 1 atom stereocenters. The minimum absolute atomic E-state index is 0.364. The molecule has 4 heteroatoms. The van der Waals surface area contributed by atoms with Crippen LogP contribution in [0.3, 0.4) is 0 Å². The van der Waals surface area contributed by atoms with Gasteiger partial charge < -0.3 is 10.2 Å². The molecule has 1 fully saturated rings. The molecule has 0 aromatic heterocycles. The Labute approximate surface area is 119 Å². The predicted octanol–water partition coefficient (Wildman–Crippen LogP) is 3.42. The smallest absolute Gasteiger partial charge is 0.0465 e. The highest BCUT2D eigenvalue weighted by molar-refractivity contribution is 6.35. The average molecular weight is 287 g/mol.